The molecule has 1 aliphatic heterocycles. The van der Waals surface area contributed by atoms with E-state index in [1.165, 1.54) is 51.6 Å². The van der Waals surface area contributed by atoms with Crippen molar-refractivity contribution in [2.75, 3.05) is 6.54 Å². The molecular formula is C25H34INO. The first-order valence-corrected chi connectivity index (χ1v) is 11.6. The van der Waals surface area contributed by atoms with Gasteiger partial charge in [0.1, 0.15) is 12.4 Å². The SMILES string of the molecule is Cc1cc(CN2CCCC[C@H]2C)c(OCc2ccccc2I)cc1C(C)(C)C. The predicted octanol–water partition coefficient (Wildman–Crippen LogP) is 6.85. The van der Waals surface area contributed by atoms with Gasteiger partial charge in [-0.05, 0) is 84.5 Å². The molecule has 1 heterocycles. The smallest absolute Gasteiger partial charge is 0.124 e. The molecule has 0 aliphatic carbocycles. The number of nitrogens with zero attached hydrogens (tertiary/aromatic N) is 1. The fourth-order valence-corrected chi connectivity index (χ4v) is 4.74. The maximum atomic E-state index is 6.44. The van der Waals surface area contributed by atoms with Gasteiger partial charge < -0.3 is 4.74 Å². The van der Waals surface area contributed by atoms with Crippen molar-refractivity contribution >= 4 is 22.6 Å². The number of halogens is 1. The van der Waals surface area contributed by atoms with Crippen LogP contribution in [0.15, 0.2) is 36.4 Å². The van der Waals surface area contributed by atoms with Gasteiger partial charge in [0, 0.05) is 27.3 Å². The number of likely N-dealkylation sites (tertiary alicyclic amines) is 1. The first-order valence-electron chi connectivity index (χ1n) is 10.5. The molecule has 3 heteroatoms. The zero-order valence-electron chi connectivity index (χ0n) is 18.0. The van der Waals surface area contributed by atoms with Crippen molar-refractivity contribution in [3.8, 4) is 5.75 Å². The fourth-order valence-electron chi connectivity index (χ4n) is 4.20. The third-order valence-electron chi connectivity index (χ3n) is 5.87. The van der Waals surface area contributed by atoms with Gasteiger partial charge in [-0.25, -0.2) is 0 Å². The molecule has 1 atom stereocenters. The quantitative estimate of drug-likeness (QED) is 0.424. The van der Waals surface area contributed by atoms with Crippen molar-refractivity contribution in [3.05, 3.63) is 62.2 Å². The van der Waals surface area contributed by atoms with Crippen LogP contribution in [0.25, 0.3) is 0 Å². The van der Waals surface area contributed by atoms with Crippen LogP contribution in [0.2, 0.25) is 0 Å². The maximum absolute atomic E-state index is 6.44. The van der Waals surface area contributed by atoms with Crippen LogP contribution >= 0.6 is 22.6 Å². The molecule has 0 radical (unpaired) electrons. The van der Waals surface area contributed by atoms with Gasteiger partial charge in [0.25, 0.3) is 0 Å². The molecular weight excluding hydrogens is 457 g/mol. The molecule has 0 unspecified atom stereocenters. The molecule has 2 aromatic rings. The Morgan fingerprint density at radius 3 is 2.54 bits per heavy atom. The van der Waals surface area contributed by atoms with Gasteiger partial charge in [-0.15, -0.1) is 0 Å². The second kappa shape index (κ2) is 9.17. The molecule has 0 bridgehead atoms. The summed E-state index contributed by atoms with van der Waals surface area (Å²) < 4.78 is 7.70. The zero-order valence-corrected chi connectivity index (χ0v) is 20.2. The monoisotopic (exact) mass is 491 g/mol. The Morgan fingerprint density at radius 1 is 1.11 bits per heavy atom. The van der Waals surface area contributed by atoms with E-state index in [-0.39, 0.29) is 5.41 Å². The molecule has 152 valence electrons. The van der Waals surface area contributed by atoms with Crippen molar-refractivity contribution in [1.29, 1.82) is 0 Å². The molecule has 1 fully saturated rings. The van der Waals surface area contributed by atoms with Gasteiger partial charge in [-0.1, -0.05) is 51.5 Å². The molecule has 0 spiro atoms. The highest BCUT2D eigenvalue weighted by Gasteiger charge is 2.23. The minimum absolute atomic E-state index is 0.111. The van der Waals surface area contributed by atoms with E-state index in [9.17, 15) is 0 Å². The van der Waals surface area contributed by atoms with Crippen LogP contribution in [0, 0.1) is 10.5 Å². The summed E-state index contributed by atoms with van der Waals surface area (Å²) in [5.41, 5.74) is 5.43. The lowest BCUT2D eigenvalue weighted by molar-refractivity contribution is 0.150. The Kier molecular flexibility index (Phi) is 7.08. The minimum Gasteiger partial charge on any atom is -0.489 e. The third-order valence-corrected chi connectivity index (χ3v) is 6.92. The van der Waals surface area contributed by atoms with E-state index in [1.54, 1.807) is 0 Å². The van der Waals surface area contributed by atoms with Crippen LogP contribution in [0.5, 0.6) is 5.75 Å². The first-order chi connectivity index (χ1) is 13.3. The third kappa shape index (κ3) is 5.29. The lowest BCUT2D eigenvalue weighted by Crippen LogP contribution is -2.36. The van der Waals surface area contributed by atoms with Crippen molar-refractivity contribution < 1.29 is 4.74 Å². The van der Waals surface area contributed by atoms with Crippen LogP contribution in [-0.4, -0.2) is 17.5 Å². The lowest BCUT2D eigenvalue weighted by atomic mass is 9.83. The van der Waals surface area contributed by atoms with Crippen molar-refractivity contribution in [3.63, 3.8) is 0 Å². The molecule has 28 heavy (non-hydrogen) atoms. The van der Waals surface area contributed by atoms with Gasteiger partial charge >= 0.3 is 0 Å². The van der Waals surface area contributed by atoms with Gasteiger partial charge in [0.05, 0.1) is 0 Å². The van der Waals surface area contributed by atoms with Crippen molar-refractivity contribution in [2.45, 2.75) is 78.5 Å². The van der Waals surface area contributed by atoms with Crippen molar-refractivity contribution in [1.82, 2.24) is 4.90 Å². The van der Waals surface area contributed by atoms with E-state index in [0.29, 0.717) is 12.6 Å². The number of hydrogen-bond donors (Lipinski definition) is 0. The summed E-state index contributed by atoms with van der Waals surface area (Å²) in [5, 5.41) is 0. The van der Waals surface area contributed by atoms with Gasteiger partial charge in [-0.3, -0.25) is 4.90 Å². The number of piperidine rings is 1. The van der Waals surface area contributed by atoms with Gasteiger partial charge in [0.2, 0.25) is 0 Å². The first kappa shape index (κ1) is 21.6. The summed E-state index contributed by atoms with van der Waals surface area (Å²) in [4.78, 5) is 2.62. The summed E-state index contributed by atoms with van der Waals surface area (Å²) >= 11 is 2.40. The topological polar surface area (TPSA) is 12.5 Å². The number of benzene rings is 2. The lowest BCUT2D eigenvalue weighted by Gasteiger charge is -2.34. The highest BCUT2D eigenvalue weighted by atomic mass is 127. The molecule has 2 aromatic carbocycles. The standard InChI is InChI=1S/C25H34INO/c1-18-14-21(16-27-13-9-8-10-19(27)2)24(15-22(18)25(3,4)5)28-17-20-11-6-7-12-23(20)26/h6-7,11-12,14-15,19H,8-10,13,16-17H2,1-5H3/t19-/m1/s1. The number of aryl methyl sites for hydroxylation is 1. The van der Waals surface area contributed by atoms with E-state index in [4.69, 9.17) is 4.74 Å². The van der Waals surface area contributed by atoms with Crippen molar-refractivity contribution in [2.24, 2.45) is 0 Å². The Hall–Kier alpha value is -1.07. The predicted molar refractivity (Wildman–Crippen MR) is 127 cm³/mol. The Morgan fingerprint density at radius 2 is 1.86 bits per heavy atom. The number of rotatable bonds is 5. The molecule has 0 amide bonds. The second-order valence-corrected chi connectivity index (χ2v) is 10.4. The molecule has 1 saturated heterocycles. The number of ether oxygens (including phenoxy) is 1. The van der Waals surface area contributed by atoms with E-state index in [0.717, 1.165) is 12.3 Å². The van der Waals surface area contributed by atoms with E-state index >= 15 is 0 Å². The summed E-state index contributed by atoms with van der Waals surface area (Å²) in [5.74, 6) is 1.05. The maximum Gasteiger partial charge on any atom is 0.124 e. The normalized spacial score (nSPS) is 18.3. The average molecular weight is 491 g/mol. The van der Waals surface area contributed by atoms with E-state index < -0.39 is 0 Å². The Bertz CT molecular complexity index is 809. The van der Waals surface area contributed by atoms with Crippen LogP contribution < -0.4 is 4.74 Å². The van der Waals surface area contributed by atoms with Crippen LogP contribution in [0.1, 0.15) is 69.2 Å². The molecule has 2 nitrogen and oxygen atoms in total. The summed E-state index contributed by atoms with van der Waals surface area (Å²) in [6.45, 7) is 14.2. The Balaban J connectivity index is 1.90. The molecule has 0 saturated carbocycles. The summed E-state index contributed by atoms with van der Waals surface area (Å²) in [6.07, 6.45) is 3.97. The average Bonchev–Trinajstić information content (AvgIpc) is 2.63. The molecule has 1 aliphatic rings. The summed E-state index contributed by atoms with van der Waals surface area (Å²) in [6, 6.07) is 13.8. The van der Waals surface area contributed by atoms with Gasteiger partial charge in [-0.2, -0.15) is 0 Å². The summed E-state index contributed by atoms with van der Waals surface area (Å²) in [7, 11) is 0. The largest absolute Gasteiger partial charge is 0.489 e. The van der Waals surface area contributed by atoms with E-state index in [1.807, 2.05) is 0 Å². The van der Waals surface area contributed by atoms with Crippen LogP contribution in [-0.2, 0) is 18.6 Å². The van der Waals surface area contributed by atoms with Crippen LogP contribution in [0.3, 0.4) is 0 Å². The second-order valence-electron chi connectivity index (χ2n) is 9.22. The fraction of sp³-hybridized carbons (Fsp3) is 0.520. The molecule has 0 aromatic heterocycles. The zero-order chi connectivity index (χ0) is 20.3. The van der Waals surface area contributed by atoms with Crippen LogP contribution in [0.4, 0.5) is 0 Å². The molecule has 3 rings (SSSR count). The highest BCUT2D eigenvalue weighted by Crippen LogP contribution is 2.34. The Labute approximate surface area is 184 Å². The molecule has 0 N–H and O–H groups in total. The minimum atomic E-state index is 0.111. The van der Waals surface area contributed by atoms with Gasteiger partial charge in [0.15, 0.2) is 0 Å². The van der Waals surface area contributed by atoms with E-state index in [2.05, 4.69) is 98.5 Å². The highest BCUT2D eigenvalue weighted by molar-refractivity contribution is 14.1. The number of hydrogen-bond acceptors (Lipinski definition) is 2.